The maximum atomic E-state index is 13.0. The molecule has 2 rings (SSSR count). The summed E-state index contributed by atoms with van der Waals surface area (Å²) >= 11 is 11.0. The molecule has 0 spiro atoms. The lowest BCUT2D eigenvalue weighted by Crippen LogP contribution is -2.10. The molecular formula is C13H9ClFNS. The third kappa shape index (κ3) is 3.25. The Morgan fingerprint density at radius 1 is 1.12 bits per heavy atom. The van der Waals surface area contributed by atoms with E-state index in [1.54, 1.807) is 24.3 Å². The molecule has 4 heteroatoms. The van der Waals surface area contributed by atoms with Gasteiger partial charge in [-0.1, -0.05) is 42.0 Å². The van der Waals surface area contributed by atoms with Crippen LogP contribution in [0.4, 0.5) is 10.1 Å². The fourth-order valence-electron chi connectivity index (χ4n) is 1.40. The van der Waals surface area contributed by atoms with Crippen molar-refractivity contribution in [3.8, 4) is 0 Å². The highest BCUT2D eigenvalue weighted by Crippen LogP contribution is 2.16. The minimum atomic E-state index is -0.308. The number of anilines is 1. The summed E-state index contributed by atoms with van der Waals surface area (Å²) < 4.78 is 13.0. The molecule has 0 aromatic heterocycles. The van der Waals surface area contributed by atoms with Gasteiger partial charge in [-0.05, 0) is 30.3 Å². The second kappa shape index (κ2) is 5.25. The van der Waals surface area contributed by atoms with Gasteiger partial charge in [0.05, 0.1) is 0 Å². The number of benzene rings is 2. The van der Waals surface area contributed by atoms with Crippen molar-refractivity contribution in [3.05, 3.63) is 64.9 Å². The number of hydrogen-bond acceptors (Lipinski definition) is 1. The molecule has 86 valence electrons. The number of rotatable bonds is 2. The maximum absolute atomic E-state index is 13.0. The van der Waals surface area contributed by atoms with E-state index in [2.05, 4.69) is 5.32 Å². The van der Waals surface area contributed by atoms with Crippen LogP contribution in [0.1, 0.15) is 5.56 Å². The zero-order valence-electron chi connectivity index (χ0n) is 8.78. The van der Waals surface area contributed by atoms with Gasteiger partial charge in [-0.15, -0.1) is 0 Å². The van der Waals surface area contributed by atoms with Crippen LogP contribution in [-0.4, -0.2) is 4.99 Å². The largest absolute Gasteiger partial charge is 0.346 e. The van der Waals surface area contributed by atoms with Crippen molar-refractivity contribution in [1.82, 2.24) is 0 Å². The molecule has 0 radical (unpaired) electrons. The quantitative estimate of drug-likeness (QED) is 0.814. The van der Waals surface area contributed by atoms with Gasteiger partial charge in [0, 0.05) is 16.3 Å². The minimum absolute atomic E-state index is 0.308. The summed E-state index contributed by atoms with van der Waals surface area (Å²) in [6.07, 6.45) is 0. The van der Waals surface area contributed by atoms with Crippen LogP contribution >= 0.6 is 23.8 Å². The van der Waals surface area contributed by atoms with Crippen LogP contribution in [0.15, 0.2) is 48.5 Å². The molecule has 0 fully saturated rings. The Kier molecular flexibility index (Phi) is 3.71. The van der Waals surface area contributed by atoms with Crippen molar-refractivity contribution < 1.29 is 4.39 Å². The van der Waals surface area contributed by atoms with Gasteiger partial charge in [-0.25, -0.2) is 4.39 Å². The zero-order chi connectivity index (χ0) is 12.3. The summed E-state index contributed by atoms with van der Waals surface area (Å²) in [4.78, 5) is 0.465. The third-order valence-electron chi connectivity index (χ3n) is 2.17. The van der Waals surface area contributed by atoms with Gasteiger partial charge < -0.3 is 5.32 Å². The summed E-state index contributed by atoms with van der Waals surface area (Å²) in [6.45, 7) is 0. The van der Waals surface area contributed by atoms with E-state index in [0.717, 1.165) is 5.69 Å². The number of halogens is 2. The first-order valence-corrected chi connectivity index (χ1v) is 5.76. The minimum Gasteiger partial charge on any atom is -0.346 e. The van der Waals surface area contributed by atoms with Gasteiger partial charge in [0.15, 0.2) is 0 Å². The molecule has 0 bridgehead atoms. The maximum Gasteiger partial charge on any atom is 0.123 e. The van der Waals surface area contributed by atoms with Gasteiger partial charge in [0.2, 0.25) is 0 Å². The van der Waals surface area contributed by atoms with Crippen LogP contribution in [0.2, 0.25) is 5.02 Å². The van der Waals surface area contributed by atoms with Crippen LogP contribution in [0.25, 0.3) is 0 Å². The molecule has 0 amide bonds. The fourth-order valence-corrected chi connectivity index (χ4v) is 1.83. The Bertz CT molecular complexity index is 557. The molecule has 0 heterocycles. The van der Waals surface area contributed by atoms with E-state index in [1.165, 1.54) is 12.1 Å². The summed E-state index contributed by atoms with van der Waals surface area (Å²) in [5.74, 6) is -0.308. The van der Waals surface area contributed by atoms with Gasteiger partial charge in [-0.2, -0.15) is 0 Å². The number of thiocarbonyl (C=S) groups is 1. The molecule has 0 aliphatic rings. The predicted octanol–water partition coefficient (Wildman–Crippen LogP) is 4.27. The van der Waals surface area contributed by atoms with Crippen molar-refractivity contribution >= 4 is 34.5 Å². The lowest BCUT2D eigenvalue weighted by molar-refractivity contribution is 0.627. The van der Waals surface area contributed by atoms with Crippen LogP contribution < -0.4 is 5.32 Å². The Morgan fingerprint density at radius 2 is 1.88 bits per heavy atom. The zero-order valence-corrected chi connectivity index (χ0v) is 10.4. The van der Waals surface area contributed by atoms with Gasteiger partial charge >= 0.3 is 0 Å². The normalized spacial score (nSPS) is 10.0. The van der Waals surface area contributed by atoms with Gasteiger partial charge in [-0.3, -0.25) is 0 Å². The van der Waals surface area contributed by atoms with Crippen LogP contribution in [0, 0.1) is 5.82 Å². The van der Waals surface area contributed by atoms with E-state index in [1.807, 2.05) is 12.1 Å². The first-order valence-electron chi connectivity index (χ1n) is 4.97. The first-order chi connectivity index (χ1) is 8.15. The van der Waals surface area contributed by atoms with E-state index in [4.69, 9.17) is 23.8 Å². The lowest BCUT2D eigenvalue weighted by atomic mass is 10.2. The van der Waals surface area contributed by atoms with E-state index in [0.29, 0.717) is 15.6 Å². The average Bonchev–Trinajstić information content (AvgIpc) is 2.29. The van der Waals surface area contributed by atoms with Crippen LogP contribution in [-0.2, 0) is 0 Å². The number of hydrogen-bond donors (Lipinski definition) is 1. The average molecular weight is 266 g/mol. The molecule has 1 nitrogen and oxygen atoms in total. The second-order valence-electron chi connectivity index (χ2n) is 3.47. The van der Waals surface area contributed by atoms with Crippen molar-refractivity contribution in [3.63, 3.8) is 0 Å². The monoisotopic (exact) mass is 265 g/mol. The Labute approximate surface area is 109 Å². The molecule has 0 atom stereocenters. The summed E-state index contributed by atoms with van der Waals surface area (Å²) in [5, 5.41) is 3.63. The molecule has 17 heavy (non-hydrogen) atoms. The highest BCUT2D eigenvalue weighted by Gasteiger charge is 2.03. The summed E-state index contributed by atoms with van der Waals surface area (Å²) in [7, 11) is 0. The van der Waals surface area contributed by atoms with Crippen molar-refractivity contribution in [2.75, 3.05) is 5.32 Å². The molecule has 0 saturated heterocycles. The fraction of sp³-hybridized carbons (Fsp3) is 0. The van der Waals surface area contributed by atoms with Crippen LogP contribution in [0.5, 0.6) is 0 Å². The molecule has 0 unspecified atom stereocenters. The summed E-state index contributed by atoms with van der Waals surface area (Å²) in [6, 6.07) is 13.3. The van der Waals surface area contributed by atoms with E-state index in [-0.39, 0.29) is 5.82 Å². The molecule has 2 aromatic rings. The van der Waals surface area contributed by atoms with Crippen molar-refractivity contribution in [2.45, 2.75) is 0 Å². The molecule has 0 saturated carbocycles. The second-order valence-corrected chi connectivity index (χ2v) is 4.32. The standard InChI is InChI=1S/C13H9ClFNS/c14-10-4-2-6-12(8-10)16-13(17)9-3-1-5-11(15)7-9/h1-8H,(H,16,17). The van der Waals surface area contributed by atoms with E-state index in [9.17, 15) is 4.39 Å². The van der Waals surface area contributed by atoms with Gasteiger partial charge in [0.25, 0.3) is 0 Å². The Hall–Kier alpha value is -1.45. The third-order valence-corrected chi connectivity index (χ3v) is 2.74. The topological polar surface area (TPSA) is 12.0 Å². The molecule has 2 aromatic carbocycles. The molecule has 0 aliphatic carbocycles. The highest BCUT2D eigenvalue weighted by molar-refractivity contribution is 7.81. The summed E-state index contributed by atoms with van der Waals surface area (Å²) in [5.41, 5.74) is 1.42. The van der Waals surface area contributed by atoms with Crippen LogP contribution in [0.3, 0.4) is 0 Å². The highest BCUT2D eigenvalue weighted by atomic mass is 35.5. The Balaban J connectivity index is 2.17. The molecule has 1 N–H and O–H groups in total. The Morgan fingerprint density at radius 3 is 2.59 bits per heavy atom. The van der Waals surface area contributed by atoms with Crippen molar-refractivity contribution in [2.24, 2.45) is 0 Å². The molecule has 0 aliphatic heterocycles. The van der Waals surface area contributed by atoms with E-state index < -0.39 is 0 Å². The smallest absolute Gasteiger partial charge is 0.123 e. The number of nitrogens with one attached hydrogen (secondary N) is 1. The van der Waals surface area contributed by atoms with Crippen molar-refractivity contribution in [1.29, 1.82) is 0 Å². The van der Waals surface area contributed by atoms with Gasteiger partial charge in [0.1, 0.15) is 10.8 Å². The SMILES string of the molecule is Fc1cccc(C(=S)Nc2cccc(Cl)c2)c1. The first kappa shape index (κ1) is 12.0. The molecular weight excluding hydrogens is 257 g/mol. The predicted molar refractivity (Wildman–Crippen MR) is 73.2 cm³/mol. The lowest BCUT2D eigenvalue weighted by Gasteiger charge is -2.08. The van der Waals surface area contributed by atoms with E-state index >= 15 is 0 Å².